The molecular formula is C15H36N2O. The highest BCUT2D eigenvalue weighted by Crippen LogP contribution is 1.96. The molecule has 1 saturated heterocycles. The fraction of sp³-hybridized carbons (Fsp3) is 1.00. The van der Waals surface area contributed by atoms with E-state index in [0.717, 1.165) is 26.3 Å². The fourth-order valence-electron chi connectivity index (χ4n) is 1.91. The van der Waals surface area contributed by atoms with Gasteiger partial charge in [-0.1, -0.05) is 40.5 Å². The van der Waals surface area contributed by atoms with E-state index in [4.69, 9.17) is 4.74 Å². The van der Waals surface area contributed by atoms with Crippen LogP contribution in [0.1, 0.15) is 54.8 Å². The minimum atomic E-state index is 0. The first-order chi connectivity index (χ1) is 8.70. The van der Waals surface area contributed by atoms with Crippen LogP contribution in [0.25, 0.3) is 0 Å². The zero-order valence-electron chi connectivity index (χ0n) is 13.0. The number of nitrogens with one attached hydrogen (secondary N) is 1. The molecular weight excluding hydrogens is 224 g/mol. The summed E-state index contributed by atoms with van der Waals surface area (Å²) >= 11 is 0. The van der Waals surface area contributed by atoms with Crippen molar-refractivity contribution in [3.8, 4) is 0 Å². The Balaban J connectivity index is 0. The minimum absolute atomic E-state index is 0. The molecule has 0 aromatic heterocycles. The molecule has 1 aliphatic heterocycles. The Hall–Kier alpha value is -0.120. The van der Waals surface area contributed by atoms with Crippen LogP contribution in [0.2, 0.25) is 0 Å². The van der Waals surface area contributed by atoms with Crippen LogP contribution in [0.5, 0.6) is 0 Å². The highest BCUT2D eigenvalue weighted by molar-refractivity contribution is 4.59. The molecule has 0 unspecified atom stereocenters. The first kappa shape index (κ1) is 17.9. The van der Waals surface area contributed by atoms with E-state index < -0.39 is 0 Å². The highest BCUT2D eigenvalue weighted by Gasteiger charge is 2.07. The van der Waals surface area contributed by atoms with E-state index in [1.165, 1.54) is 38.8 Å². The van der Waals surface area contributed by atoms with Gasteiger partial charge in [0.15, 0.2) is 0 Å². The smallest absolute Gasteiger partial charge is 0.0594 e. The second kappa shape index (κ2) is 13.3. The summed E-state index contributed by atoms with van der Waals surface area (Å²) in [4.78, 5) is 2.45. The van der Waals surface area contributed by atoms with E-state index in [-0.39, 0.29) is 1.43 Å². The lowest BCUT2D eigenvalue weighted by atomic mass is 10.2. The van der Waals surface area contributed by atoms with Crippen LogP contribution in [0, 0.1) is 0 Å². The maximum Gasteiger partial charge on any atom is 0.0594 e. The SMILES string of the molecule is CCCCCNC(C)C.CCCN1CCOCC1.[HH]. The summed E-state index contributed by atoms with van der Waals surface area (Å²) in [5.74, 6) is 0. The summed E-state index contributed by atoms with van der Waals surface area (Å²) in [7, 11) is 0. The first-order valence-corrected chi connectivity index (χ1v) is 7.74. The summed E-state index contributed by atoms with van der Waals surface area (Å²) < 4.78 is 5.20. The Bertz CT molecular complexity index is 159. The summed E-state index contributed by atoms with van der Waals surface area (Å²) in [6, 6.07) is 0.654. The second-order valence-corrected chi connectivity index (χ2v) is 5.27. The van der Waals surface area contributed by atoms with Crippen molar-refractivity contribution in [2.24, 2.45) is 0 Å². The van der Waals surface area contributed by atoms with Gasteiger partial charge in [-0.3, -0.25) is 4.90 Å². The number of rotatable bonds is 7. The minimum Gasteiger partial charge on any atom is -0.379 e. The van der Waals surface area contributed by atoms with Gasteiger partial charge in [-0.15, -0.1) is 0 Å². The molecule has 0 radical (unpaired) electrons. The van der Waals surface area contributed by atoms with Crippen molar-refractivity contribution in [2.75, 3.05) is 39.4 Å². The van der Waals surface area contributed by atoms with Crippen molar-refractivity contribution in [1.29, 1.82) is 0 Å². The van der Waals surface area contributed by atoms with Gasteiger partial charge >= 0.3 is 0 Å². The van der Waals surface area contributed by atoms with Crippen LogP contribution in [0.3, 0.4) is 0 Å². The van der Waals surface area contributed by atoms with Crippen LogP contribution in [-0.4, -0.2) is 50.3 Å². The van der Waals surface area contributed by atoms with Crippen LogP contribution in [-0.2, 0) is 4.74 Å². The maximum absolute atomic E-state index is 5.20. The molecule has 112 valence electrons. The van der Waals surface area contributed by atoms with Gasteiger partial charge in [0, 0.05) is 20.6 Å². The number of ether oxygens (including phenoxy) is 1. The van der Waals surface area contributed by atoms with Gasteiger partial charge in [0.25, 0.3) is 0 Å². The van der Waals surface area contributed by atoms with E-state index >= 15 is 0 Å². The molecule has 0 saturated carbocycles. The van der Waals surface area contributed by atoms with E-state index in [9.17, 15) is 0 Å². The topological polar surface area (TPSA) is 24.5 Å². The normalized spacial score (nSPS) is 16.5. The summed E-state index contributed by atoms with van der Waals surface area (Å²) in [6.07, 6.45) is 5.27. The zero-order chi connectivity index (χ0) is 13.6. The Morgan fingerprint density at radius 2 is 1.78 bits per heavy atom. The predicted octanol–water partition coefficient (Wildman–Crippen LogP) is 3.15. The number of unbranched alkanes of at least 4 members (excludes halogenated alkanes) is 2. The molecule has 1 N–H and O–H groups in total. The van der Waals surface area contributed by atoms with Crippen molar-refractivity contribution in [3.63, 3.8) is 0 Å². The van der Waals surface area contributed by atoms with Crippen molar-refractivity contribution >= 4 is 0 Å². The molecule has 0 aliphatic carbocycles. The molecule has 1 heterocycles. The van der Waals surface area contributed by atoms with Crippen LogP contribution >= 0.6 is 0 Å². The highest BCUT2D eigenvalue weighted by atomic mass is 16.5. The van der Waals surface area contributed by atoms with Gasteiger partial charge in [-0.2, -0.15) is 0 Å². The van der Waals surface area contributed by atoms with Crippen molar-refractivity contribution in [2.45, 2.75) is 59.4 Å². The van der Waals surface area contributed by atoms with Gasteiger partial charge in [-0.05, 0) is 25.9 Å². The van der Waals surface area contributed by atoms with E-state index in [0.29, 0.717) is 6.04 Å². The Morgan fingerprint density at radius 1 is 1.11 bits per heavy atom. The van der Waals surface area contributed by atoms with Gasteiger partial charge < -0.3 is 10.1 Å². The van der Waals surface area contributed by atoms with Gasteiger partial charge in [-0.25, -0.2) is 0 Å². The third kappa shape index (κ3) is 12.3. The van der Waals surface area contributed by atoms with Crippen molar-refractivity contribution in [3.05, 3.63) is 0 Å². The lowest BCUT2D eigenvalue weighted by Crippen LogP contribution is -2.36. The third-order valence-corrected chi connectivity index (χ3v) is 2.98. The van der Waals surface area contributed by atoms with Gasteiger partial charge in [0.1, 0.15) is 0 Å². The Morgan fingerprint density at radius 3 is 2.28 bits per heavy atom. The molecule has 1 fully saturated rings. The number of morpholine rings is 1. The molecule has 3 heteroatoms. The second-order valence-electron chi connectivity index (χ2n) is 5.27. The average molecular weight is 260 g/mol. The number of hydrogen-bond donors (Lipinski definition) is 1. The molecule has 0 aromatic carbocycles. The number of hydrogen-bond acceptors (Lipinski definition) is 3. The lowest BCUT2D eigenvalue weighted by Gasteiger charge is -2.25. The largest absolute Gasteiger partial charge is 0.379 e. The molecule has 0 spiro atoms. The van der Waals surface area contributed by atoms with E-state index in [1.807, 2.05) is 0 Å². The fourth-order valence-corrected chi connectivity index (χ4v) is 1.91. The molecule has 3 nitrogen and oxygen atoms in total. The molecule has 0 atom stereocenters. The zero-order valence-corrected chi connectivity index (χ0v) is 13.0. The lowest BCUT2D eigenvalue weighted by molar-refractivity contribution is 0.0380. The van der Waals surface area contributed by atoms with Crippen LogP contribution in [0.15, 0.2) is 0 Å². The van der Waals surface area contributed by atoms with E-state index in [1.54, 1.807) is 0 Å². The monoisotopic (exact) mass is 260 g/mol. The maximum atomic E-state index is 5.20. The van der Waals surface area contributed by atoms with Crippen LogP contribution in [0.4, 0.5) is 0 Å². The molecule has 1 rings (SSSR count). The summed E-state index contributed by atoms with van der Waals surface area (Å²) in [6.45, 7) is 15.4. The van der Waals surface area contributed by atoms with E-state index in [2.05, 4.69) is 37.9 Å². The average Bonchev–Trinajstić information content (AvgIpc) is 2.37. The standard InChI is InChI=1S/C8H19N.C7H15NO.H2/c1-4-5-6-7-9-8(2)3;1-2-3-8-4-6-9-7-5-8;/h8-9H,4-7H2,1-3H3;2-7H2,1H3;1H. The quantitative estimate of drug-likeness (QED) is 0.712. The molecule has 0 bridgehead atoms. The molecule has 0 aromatic rings. The molecule has 1 aliphatic rings. The summed E-state index contributed by atoms with van der Waals surface area (Å²) in [5, 5.41) is 3.38. The predicted molar refractivity (Wildman–Crippen MR) is 82.3 cm³/mol. The number of nitrogens with zero attached hydrogens (tertiary/aromatic N) is 1. The first-order valence-electron chi connectivity index (χ1n) is 7.74. The van der Waals surface area contributed by atoms with Gasteiger partial charge in [0.2, 0.25) is 0 Å². The van der Waals surface area contributed by atoms with Gasteiger partial charge in [0.05, 0.1) is 13.2 Å². The van der Waals surface area contributed by atoms with Crippen LogP contribution < -0.4 is 5.32 Å². The Labute approximate surface area is 116 Å². The Kier molecular flexibility index (Phi) is 13.2. The van der Waals surface area contributed by atoms with Crippen molar-refractivity contribution in [1.82, 2.24) is 10.2 Å². The third-order valence-electron chi connectivity index (χ3n) is 2.98. The van der Waals surface area contributed by atoms with Crippen molar-refractivity contribution < 1.29 is 6.16 Å². The molecule has 0 amide bonds. The summed E-state index contributed by atoms with van der Waals surface area (Å²) in [5.41, 5.74) is 0. The molecule has 18 heavy (non-hydrogen) atoms.